The number of likely N-dealkylation sites (N-methyl/N-ethyl adjacent to an activating group) is 1. The summed E-state index contributed by atoms with van der Waals surface area (Å²) in [5, 5.41) is 0. The number of anilines is 1. The Kier molecular flexibility index (Phi) is 7.03. The van der Waals surface area contributed by atoms with E-state index in [4.69, 9.17) is 13.9 Å². The van der Waals surface area contributed by atoms with Crippen LogP contribution in [-0.2, 0) is 9.53 Å². The number of esters is 1. The van der Waals surface area contributed by atoms with Crippen LogP contribution in [-0.4, -0.2) is 62.4 Å². The number of furan rings is 1. The van der Waals surface area contributed by atoms with Crippen molar-refractivity contribution in [1.82, 2.24) is 9.47 Å². The number of carbonyl (C=O) groups excluding carboxylic acids is 1. The van der Waals surface area contributed by atoms with E-state index in [1.807, 2.05) is 36.4 Å². The maximum atomic E-state index is 13.7. The van der Waals surface area contributed by atoms with Gasteiger partial charge in [0.05, 0.1) is 35.6 Å². The van der Waals surface area contributed by atoms with Crippen molar-refractivity contribution in [2.45, 2.75) is 19.9 Å². The zero-order chi connectivity index (χ0) is 26.1. The van der Waals surface area contributed by atoms with Crippen LogP contribution in [0, 0.1) is 0 Å². The second-order valence-corrected chi connectivity index (χ2v) is 10.1. The highest BCUT2D eigenvalue weighted by molar-refractivity contribution is 7.07. The molecule has 1 fully saturated rings. The van der Waals surface area contributed by atoms with Gasteiger partial charge < -0.3 is 23.7 Å². The third-order valence-corrected chi connectivity index (χ3v) is 7.63. The standard InChI is InChI=1S/C27H30N4O5S/c1-5-35-26(33)23-17(2)28-27-31(24(23)18-6-8-19(34-4)9-7-18)25(32)21(37-27)16-20-10-11-22(36-20)30-14-12-29(3)13-15-30/h6-11,16,24H,5,12-15H2,1-4H3/b21-16-. The molecule has 0 saturated carbocycles. The molecular formula is C27H30N4O5S. The molecule has 3 aromatic rings. The Morgan fingerprint density at radius 3 is 2.57 bits per heavy atom. The minimum atomic E-state index is -0.666. The topological polar surface area (TPSA) is 89.5 Å². The highest BCUT2D eigenvalue weighted by atomic mass is 32.1. The molecule has 0 spiro atoms. The van der Waals surface area contributed by atoms with E-state index in [0.717, 1.165) is 37.6 Å². The Labute approximate surface area is 218 Å². The predicted molar refractivity (Wildman–Crippen MR) is 142 cm³/mol. The largest absolute Gasteiger partial charge is 0.497 e. The molecule has 5 rings (SSSR count). The maximum Gasteiger partial charge on any atom is 0.338 e. The van der Waals surface area contributed by atoms with Gasteiger partial charge in [-0.2, -0.15) is 0 Å². The van der Waals surface area contributed by atoms with Crippen LogP contribution in [0.25, 0.3) is 6.08 Å². The maximum absolute atomic E-state index is 13.7. The Hall–Kier alpha value is -3.63. The van der Waals surface area contributed by atoms with Gasteiger partial charge in [0, 0.05) is 38.3 Å². The van der Waals surface area contributed by atoms with E-state index in [-0.39, 0.29) is 12.2 Å². The van der Waals surface area contributed by atoms with Crippen LogP contribution in [0.15, 0.2) is 61.9 Å². The van der Waals surface area contributed by atoms with Gasteiger partial charge >= 0.3 is 5.97 Å². The third kappa shape index (κ3) is 4.86. The van der Waals surface area contributed by atoms with Gasteiger partial charge in [0.1, 0.15) is 11.5 Å². The average Bonchev–Trinajstić information content (AvgIpc) is 3.48. The molecule has 10 heteroatoms. The van der Waals surface area contributed by atoms with E-state index >= 15 is 0 Å². The quantitative estimate of drug-likeness (QED) is 0.459. The lowest BCUT2D eigenvalue weighted by Gasteiger charge is -2.32. The van der Waals surface area contributed by atoms with Crippen molar-refractivity contribution in [3.05, 3.63) is 78.7 Å². The summed E-state index contributed by atoms with van der Waals surface area (Å²) in [7, 11) is 3.70. The first-order valence-electron chi connectivity index (χ1n) is 12.3. The molecule has 1 unspecified atom stereocenters. The molecule has 37 heavy (non-hydrogen) atoms. The van der Waals surface area contributed by atoms with Crippen LogP contribution in [0.5, 0.6) is 5.75 Å². The second-order valence-electron chi connectivity index (χ2n) is 9.04. The van der Waals surface area contributed by atoms with Crippen LogP contribution >= 0.6 is 11.3 Å². The van der Waals surface area contributed by atoms with E-state index in [9.17, 15) is 9.59 Å². The average molecular weight is 523 g/mol. The number of nitrogens with zero attached hydrogens (tertiary/aromatic N) is 4. The van der Waals surface area contributed by atoms with E-state index in [2.05, 4.69) is 21.8 Å². The summed E-state index contributed by atoms with van der Waals surface area (Å²) in [6.07, 6.45) is 1.75. The highest BCUT2D eigenvalue weighted by Crippen LogP contribution is 2.31. The zero-order valence-electron chi connectivity index (χ0n) is 21.4. The minimum absolute atomic E-state index is 0.226. The van der Waals surface area contributed by atoms with Gasteiger partial charge in [-0.15, -0.1) is 0 Å². The number of ether oxygens (including phenoxy) is 2. The van der Waals surface area contributed by atoms with Crippen molar-refractivity contribution >= 4 is 29.3 Å². The summed E-state index contributed by atoms with van der Waals surface area (Å²) < 4.78 is 18.8. The number of benzene rings is 1. The summed E-state index contributed by atoms with van der Waals surface area (Å²) in [6.45, 7) is 7.49. The smallest absolute Gasteiger partial charge is 0.338 e. The van der Waals surface area contributed by atoms with Crippen molar-refractivity contribution in [1.29, 1.82) is 0 Å². The Morgan fingerprint density at radius 1 is 1.16 bits per heavy atom. The van der Waals surface area contributed by atoms with Crippen molar-refractivity contribution in [3.8, 4) is 5.75 Å². The van der Waals surface area contributed by atoms with Gasteiger partial charge in [-0.1, -0.05) is 23.5 Å². The molecule has 0 amide bonds. The van der Waals surface area contributed by atoms with Gasteiger partial charge in [-0.05, 0) is 44.7 Å². The first-order valence-corrected chi connectivity index (χ1v) is 13.1. The Bertz CT molecular complexity index is 1510. The molecule has 1 saturated heterocycles. The number of hydrogen-bond acceptors (Lipinski definition) is 9. The predicted octanol–water partition coefficient (Wildman–Crippen LogP) is 2.15. The van der Waals surface area contributed by atoms with Gasteiger partial charge in [0.2, 0.25) is 0 Å². The van der Waals surface area contributed by atoms with Gasteiger partial charge in [-0.25, -0.2) is 9.79 Å². The van der Waals surface area contributed by atoms with E-state index in [1.54, 1.807) is 31.6 Å². The molecule has 0 bridgehead atoms. The molecule has 2 aliphatic rings. The summed E-state index contributed by atoms with van der Waals surface area (Å²) >= 11 is 1.28. The number of fused-ring (bicyclic) bond motifs is 1. The number of thiazole rings is 1. The lowest BCUT2D eigenvalue weighted by atomic mass is 9.96. The van der Waals surface area contributed by atoms with Gasteiger partial charge in [0.25, 0.3) is 5.56 Å². The number of methoxy groups -OCH3 is 1. The fraction of sp³-hybridized carbons (Fsp3) is 0.370. The molecule has 1 atom stereocenters. The number of carbonyl (C=O) groups is 1. The van der Waals surface area contributed by atoms with Gasteiger partial charge in [0.15, 0.2) is 10.7 Å². The minimum Gasteiger partial charge on any atom is -0.497 e. The van der Waals surface area contributed by atoms with Crippen molar-refractivity contribution in [2.24, 2.45) is 4.99 Å². The number of piperazine rings is 1. The molecule has 9 nitrogen and oxygen atoms in total. The lowest BCUT2D eigenvalue weighted by molar-refractivity contribution is -0.139. The molecule has 0 aliphatic carbocycles. The summed E-state index contributed by atoms with van der Waals surface area (Å²) in [4.78, 5) is 36.4. The van der Waals surface area contributed by atoms with Crippen LogP contribution in [0.2, 0.25) is 0 Å². The number of aromatic nitrogens is 1. The SMILES string of the molecule is CCOC(=O)C1=C(C)N=c2s/c(=C\c3ccc(N4CCN(C)CC4)o3)c(=O)n2C1c1ccc(OC)cc1. The molecule has 2 aromatic heterocycles. The normalized spacial score (nSPS) is 18.5. The number of allylic oxidation sites excluding steroid dienone is 1. The fourth-order valence-electron chi connectivity index (χ4n) is 4.64. The number of hydrogen-bond donors (Lipinski definition) is 0. The van der Waals surface area contributed by atoms with E-state index in [1.165, 1.54) is 11.3 Å². The Morgan fingerprint density at radius 2 is 1.89 bits per heavy atom. The van der Waals surface area contributed by atoms with Crippen molar-refractivity contribution < 1.29 is 18.7 Å². The molecule has 4 heterocycles. The van der Waals surface area contributed by atoms with Crippen LogP contribution in [0.1, 0.15) is 31.2 Å². The first kappa shape index (κ1) is 25.0. The van der Waals surface area contributed by atoms with Crippen molar-refractivity contribution in [2.75, 3.05) is 51.8 Å². The Balaban J connectivity index is 1.57. The van der Waals surface area contributed by atoms with Crippen LogP contribution < -0.4 is 24.5 Å². The molecule has 0 radical (unpaired) electrons. The molecule has 194 valence electrons. The third-order valence-electron chi connectivity index (χ3n) is 6.65. The molecule has 0 N–H and O–H groups in total. The summed E-state index contributed by atoms with van der Waals surface area (Å²) in [5.74, 6) is 1.59. The molecule has 2 aliphatic heterocycles. The van der Waals surface area contributed by atoms with Crippen LogP contribution in [0.3, 0.4) is 0 Å². The van der Waals surface area contributed by atoms with E-state index in [0.29, 0.717) is 32.1 Å². The summed E-state index contributed by atoms with van der Waals surface area (Å²) in [6, 6.07) is 10.5. The molecule has 1 aromatic carbocycles. The molecular weight excluding hydrogens is 492 g/mol. The second kappa shape index (κ2) is 10.4. The summed E-state index contributed by atoms with van der Waals surface area (Å²) in [5.41, 5.74) is 1.40. The lowest BCUT2D eigenvalue weighted by Crippen LogP contribution is -2.44. The zero-order valence-corrected chi connectivity index (χ0v) is 22.2. The highest BCUT2D eigenvalue weighted by Gasteiger charge is 2.33. The first-order chi connectivity index (χ1) is 17.9. The van der Waals surface area contributed by atoms with Crippen molar-refractivity contribution in [3.63, 3.8) is 0 Å². The van der Waals surface area contributed by atoms with E-state index < -0.39 is 12.0 Å². The monoisotopic (exact) mass is 522 g/mol. The van der Waals surface area contributed by atoms with Gasteiger partial charge in [-0.3, -0.25) is 9.36 Å². The fourth-order valence-corrected chi connectivity index (χ4v) is 5.67. The van der Waals surface area contributed by atoms with Crippen LogP contribution in [0.4, 0.5) is 5.88 Å². The number of rotatable bonds is 6.